The van der Waals surface area contributed by atoms with E-state index < -0.39 is 11.9 Å². The Morgan fingerprint density at radius 2 is 1.04 bits per heavy atom. The van der Waals surface area contributed by atoms with Crippen molar-refractivity contribution in [2.24, 2.45) is 11.8 Å². The molecule has 0 radical (unpaired) electrons. The van der Waals surface area contributed by atoms with E-state index in [9.17, 15) is 19.2 Å². The van der Waals surface area contributed by atoms with Gasteiger partial charge in [-0.15, -0.1) is 11.8 Å². The fraction of sp³-hybridized carbons (Fsp3) is 0.556. The monoisotopic (exact) mass is 396 g/mol. The summed E-state index contributed by atoms with van der Waals surface area (Å²) in [6, 6.07) is 0. The van der Waals surface area contributed by atoms with Gasteiger partial charge in [-0.3, -0.25) is 19.2 Å². The van der Waals surface area contributed by atoms with Gasteiger partial charge in [0, 0.05) is 38.3 Å². The molecule has 9 heteroatoms. The van der Waals surface area contributed by atoms with E-state index in [1.807, 2.05) is 0 Å². The van der Waals surface area contributed by atoms with Gasteiger partial charge in [-0.05, 0) is 36.5 Å². The molecular weight excluding hydrogens is 372 g/mol. The van der Waals surface area contributed by atoms with E-state index >= 15 is 0 Å². The van der Waals surface area contributed by atoms with Crippen molar-refractivity contribution in [3.63, 3.8) is 0 Å². The highest BCUT2D eigenvalue weighted by Crippen LogP contribution is 2.19. The maximum atomic E-state index is 12.0. The van der Waals surface area contributed by atoms with Crippen molar-refractivity contribution in [3.05, 3.63) is 23.0 Å². The van der Waals surface area contributed by atoms with E-state index in [0.717, 1.165) is 0 Å². The number of hydrogen-bond acceptors (Lipinski definition) is 5. The predicted octanol–water partition coefficient (Wildman–Crippen LogP) is 1.39. The van der Waals surface area contributed by atoms with Crippen LogP contribution >= 0.6 is 11.8 Å². The minimum Gasteiger partial charge on any atom is -0.481 e. The largest absolute Gasteiger partial charge is 0.481 e. The molecule has 0 atom stereocenters. The maximum absolute atomic E-state index is 12.0. The van der Waals surface area contributed by atoms with Gasteiger partial charge in [0.05, 0.1) is 11.8 Å². The van der Waals surface area contributed by atoms with Crippen LogP contribution in [0.25, 0.3) is 0 Å². The number of carbonyl (C=O) groups is 4. The first-order valence-corrected chi connectivity index (χ1v) is 9.84. The number of carbonyl (C=O) groups excluding carboxylic acids is 2. The van der Waals surface area contributed by atoms with Gasteiger partial charge < -0.3 is 20.0 Å². The highest BCUT2D eigenvalue weighted by molar-refractivity contribution is 8.04. The topological polar surface area (TPSA) is 115 Å². The summed E-state index contributed by atoms with van der Waals surface area (Å²) in [4.78, 5) is 49.1. The lowest BCUT2D eigenvalue weighted by Gasteiger charge is -2.29. The van der Waals surface area contributed by atoms with Crippen LogP contribution in [0.2, 0.25) is 0 Å². The van der Waals surface area contributed by atoms with E-state index in [4.69, 9.17) is 10.2 Å². The van der Waals surface area contributed by atoms with E-state index in [0.29, 0.717) is 51.9 Å². The lowest BCUT2D eigenvalue weighted by Crippen LogP contribution is -2.39. The Bertz CT molecular complexity index is 578. The summed E-state index contributed by atoms with van der Waals surface area (Å²) in [6.07, 6.45) is 4.70. The average Bonchev–Trinajstić information content (AvgIpc) is 2.67. The van der Waals surface area contributed by atoms with Crippen molar-refractivity contribution in [2.75, 3.05) is 26.2 Å². The number of carboxylic acids is 2. The molecular formula is C18H24N2O6S. The van der Waals surface area contributed by atoms with Crippen LogP contribution in [-0.4, -0.2) is 69.9 Å². The summed E-state index contributed by atoms with van der Waals surface area (Å²) in [6.45, 7) is 1.74. The van der Waals surface area contributed by atoms with Gasteiger partial charge >= 0.3 is 11.9 Å². The quantitative estimate of drug-likeness (QED) is 0.652. The van der Waals surface area contributed by atoms with E-state index in [1.165, 1.54) is 23.9 Å². The van der Waals surface area contributed by atoms with Gasteiger partial charge in [0.1, 0.15) is 0 Å². The van der Waals surface area contributed by atoms with E-state index in [2.05, 4.69) is 0 Å². The molecule has 0 bridgehead atoms. The number of piperidine rings is 2. The van der Waals surface area contributed by atoms with Crippen molar-refractivity contribution < 1.29 is 29.4 Å². The van der Waals surface area contributed by atoms with Crippen LogP contribution in [0.3, 0.4) is 0 Å². The molecule has 0 aromatic heterocycles. The molecule has 0 spiro atoms. The minimum absolute atomic E-state index is 0.165. The molecule has 148 valence electrons. The van der Waals surface area contributed by atoms with Gasteiger partial charge in [-0.25, -0.2) is 0 Å². The molecule has 0 aromatic carbocycles. The Hall–Kier alpha value is -2.29. The second-order valence-electron chi connectivity index (χ2n) is 6.62. The second-order valence-corrected chi connectivity index (χ2v) is 7.43. The first-order chi connectivity index (χ1) is 12.9. The van der Waals surface area contributed by atoms with Crippen LogP contribution in [0.4, 0.5) is 0 Å². The van der Waals surface area contributed by atoms with Crippen molar-refractivity contribution >= 4 is 35.5 Å². The Balaban J connectivity index is 1.68. The van der Waals surface area contributed by atoms with Gasteiger partial charge in [-0.2, -0.15) is 0 Å². The minimum atomic E-state index is -0.810. The van der Waals surface area contributed by atoms with Crippen molar-refractivity contribution in [1.29, 1.82) is 0 Å². The first kappa shape index (κ1) is 21.0. The molecule has 2 aliphatic heterocycles. The molecule has 0 saturated carbocycles. The summed E-state index contributed by atoms with van der Waals surface area (Å²) >= 11 is 1.20. The van der Waals surface area contributed by atoms with Crippen molar-refractivity contribution in [3.8, 4) is 0 Å². The average molecular weight is 396 g/mol. The molecule has 2 rings (SSSR count). The zero-order valence-corrected chi connectivity index (χ0v) is 15.8. The molecule has 2 N–H and O–H groups in total. The highest BCUT2D eigenvalue weighted by atomic mass is 32.2. The van der Waals surface area contributed by atoms with Crippen LogP contribution < -0.4 is 0 Å². The van der Waals surface area contributed by atoms with Crippen molar-refractivity contribution in [2.45, 2.75) is 25.7 Å². The summed E-state index contributed by atoms with van der Waals surface area (Å²) in [7, 11) is 0. The highest BCUT2D eigenvalue weighted by Gasteiger charge is 2.26. The zero-order chi connectivity index (χ0) is 19.8. The lowest BCUT2D eigenvalue weighted by molar-refractivity contribution is -0.145. The van der Waals surface area contributed by atoms with Gasteiger partial charge in [0.25, 0.3) is 0 Å². The summed E-state index contributed by atoms with van der Waals surface area (Å²) in [5, 5.41) is 21.1. The molecule has 2 heterocycles. The molecule has 0 aromatic rings. The van der Waals surface area contributed by atoms with Crippen LogP contribution in [0, 0.1) is 11.8 Å². The van der Waals surface area contributed by atoms with Crippen LogP contribution in [0.15, 0.2) is 23.0 Å². The molecule has 2 aliphatic rings. The number of hydrogen-bond donors (Lipinski definition) is 2. The number of carboxylic acid groups (broad SMARTS) is 2. The SMILES string of the molecule is O=C(O)C1CCN(C(=O)/C=C/S/C=C/C(=O)N2CCC(C(=O)O)CC2)CC1. The summed E-state index contributed by atoms with van der Waals surface area (Å²) < 4.78 is 0. The summed E-state index contributed by atoms with van der Waals surface area (Å²) in [5.74, 6) is -2.70. The van der Waals surface area contributed by atoms with E-state index in [1.54, 1.807) is 20.6 Å². The van der Waals surface area contributed by atoms with Crippen LogP contribution in [0.1, 0.15) is 25.7 Å². The van der Waals surface area contributed by atoms with E-state index in [-0.39, 0.29) is 23.7 Å². The Morgan fingerprint density at radius 1 is 0.704 bits per heavy atom. The number of aliphatic carboxylic acids is 2. The Morgan fingerprint density at radius 3 is 1.33 bits per heavy atom. The molecule has 0 aliphatic carbocycles. The zero-order valence-electron chi connectivity index (χ0n) is 15.0. The molecule has 2 saturated heterocycles. The number of nitrogens with zero attached hydrogens (tertiary/aromatic N) is 2. The smallest absolute Gasteiger partial charge is 0.306 e. The normalized spacial score (nSPS) is 19.7. The standard InChI is InChI=1S/C18H24N2O6S/c21-15(19-7-1-13(2-8-19)17(23)24)5-11-27-12-6-16(22)20-9-3-14(4-10-20)18(25)26/h5-6,11-14H,1-4,7-10H2,(H,23,24)(H,25,26)/b11-5+,12-6+. The van der Waals surface area contributed by atoms with Gasteiger partial charge in [-0.1, -0.05) is 0 Å². The number of thioether (sulfide) groups is 1. The summed E-state index contributed by atoms with van der Waals surface area (Å²) in [5.41, 5.74) is 0. The third-order valence-corrected chi connectivity index (χ3v) is 5.48. The number of likely N-dealkylation sites (tertiary alicyclic amines) is 2. The van der Waals surface area contributed by atoms with Gasteiger partial charge in [0.15, 0.2) is 0 Å². The second kappa shape index (κ2) is 10.1. The van der Waals surface area contributed by atoms with Crippen LogP contribution in [-0.2, 0) is 19.2 Å². The predicted molar refractivity (Wildman–Crippen MR) is 99.8 cm³/mol. The van der Waals surface area contributed by atoms with Crippen molar-refractivity contribution in [1.82, 2.24) is 9.80 Å². The third kappa shape index (κ3) is 6.42. The maximum Gasteiger partial charge on any atom is 0.306 e. The number of rotatable bonds is 6. The molecule has 8 nitrogen and oxygen atoms in total. The van der Waals surface area contributed by atoms with Crippen LogP contribution in [0.5, 0.6) is 0 Å². The molecule has 0 unspecified atom stereocenters. The number of amides is 2. The first-order valence-electron chi connectivity index (χ1n) is 8.90. The lowest BCUT2D eigenvalue weighted by atomic mass is 9.97. The molecule has 2 amide bonds. The molecule has 27 heavy (non-hydrogen) atoms. The third-order valence-electron chi connectivity index (χ3n) is 4.89. The van der Waals surface area contributed by atoms with Gasteiger partial charge in [0.2, 0.25) is 11.8 Å². The fourth-order valence-corrected chi connectivity index (χ4v) is 3.63. The fourth-order valence-electron chi connectivity index (χ4n) is 3.14. The molecule has 2 fully saturated rings. The Kier molecular flexibility index (Phi) is 7.90. The Labute approximate surface area is 161 Å².